The van der Waals surface area contributed by atoms with E-state index in [4.69, 9.17) is 33.2 Å². The second kappa shape index (κ2) is 5.17. The zero-order valence-electron chi connectivity index (χ0n) is 7.99. The van der Waals surface area contributed by atoms with Crippen molar-refractivity contribution in [2.75, 3.05) is 0 Å². The van der Waals surface area contributed by atoms with Gasteiger partial charge in [-0.3, -0.25) is 0 Å². The molecule has 7 heteroatoms. The van der Waals surface area contributed by atoms with E-state index in [-0.39, 0.29) is 0 Å². The molecule has 0 nitrogen and oxygen atoms in total. The minimum atomic E-state index is -4.30. The van der Waals surface area contributed by atoms with Crippen molar-refractivity contribution in [3.8, 4) is 0 Å². The SMILES string of the molecule is FC(F)(F)c1ccc(CC[Si](Cl)(Cl)Cl)cc1. The summed E-state index contributed by atoms with van der Waals surface area (Å²) in [4.78, 5) is 0. The van der Waals surface area contributed by atoms with Crippen molar-refractivity contribution in [2.45, 2.75) is 18.6 Å². The average molecular weight is 308 g/mol. The summed E-state index contributed by atoms with van der Waals surface area (Å²) >= 11 is 17.0. The van der Waals surface area contributed by atoms with Gasteiger partial charge in [0.15, 0.2) is 0 Å². The molecule has 0 unspecified atom stereocenters. The Morgan fingerprint density at radius 1 is 1.00 bits per heavy atom. The fourth-order valence-electron chi connectivity index (χ4n) is 1.15. The average Bonchev–Trinajstić information content (AvgIpc) is 2.13. The van der Waals surface area contributed by atoms with Gasteiger partial charge < -0.3 is 0 Å². The largest absolute Gasteiger partial charge is 0.416 e. The van der Waals surface area contributed by atoms with E-state index < -0.39 is 17.7 Å². The first-order chi connectivity index (χ1) is 7.18. The highest BCUT2D eigenvalue weighted by Crippen LogP contribution is 2.30. The van der Waals surface area contributed by atoms with E-state index >= 15 is 0 Å². The summed E-state index contributed by atoms with van der Waals surface area (Å²) in [6.07, 6.45) is -3.82. The lowest BCUT2D eigenvalue weighted by Crippen LogP contribution is -2.10. The lowest BCUT2D eigenvalue weighted by Gasteiger charge is -2.09. The van der Waals surface area contributed by atoms with Crippen LogP contribution in [0.1, 0.15) is 11.1 Å². The molecule has 0 amide bonds. The van der Waals surface area contributed by atoms with E-state index in [1.165, 1.54) is 12.1 Å². The van der Waals surface area contributed by atoms with Crippen LogP contribution in [0.15, 0.2) is 24.3 Å². The Kier molecular flexibility index (Phi) is 4.57. The van der Waals surface area contributed by atoms with Gasteiger partial charge in [-0.15, -0.1) is 33.2 Å². The van der Waals surface area contributed by atoms with E-state index in [0.29, 0.717) is 12.5 Å². The monoisotopic (exact) mass is 306 g/mol. The zero-order chi connectivity index (χ0) is 12.4. The minimum Gasteiger partial charge on any atom is -0.166 e. The van der Waals surface area contributed by atoms with Crippen molar-refractivity contribution < 1.29 is 13.2 Å². The van der Waals surface area contributed by atoms with Crippen LogP contribution in [0.2, 0.25) is 6.04 Å². The van der Waals surface area contributed by atoms with Crippen molar-refractivity contribution in [3.63, 3.8) is 0 Å². The van der Waals surface area contributed by atoms with Gasteiger partial charge in [-0.2, -0.15) is 13.2 Å². The second-order valence-corrected chi connectivity index (χ2v) is 12.6. The van der Waals surface area contributed by atoms with Crippen molar-refractivity contribution in [1.82, 2.24) is 0 Å². The molecule has 16 heavy (non-hydrogen) atoms. The maximum absolute atomic E-state index is 12.2. The first-order valence-corrected chi connectivity index (χ1v) is 9.66. The molecule has 0 bridgehead atoms. The highest BCUT2D eigenvalue weighted by Gasteiger charge is 2.30. The Bertz CT molecular complexity index is 343. The third-order valence-electron chi connectivity index (χ3n) is 1.98. The highest BCUT2D eigenvalue weighted by atomic mass is 35.8. The first-order valence-electron chi connectivity index (χ1n) is 4.41. The minimum absolute atomic E-state index is 0.406. The normalized spacial score (nSPS) is 12.9. The number of rotatable bonds is 3. The Balaban J connectivity index is 2.66. The third kappa shape index (κ3) is 4.95. The fraction of sp³-hybridized carbons (Fsp3) is 0.333. The van der Waals surface area contributed by atoms with Gasteiger partial charge in [-0.05, 0) is 30.2 Å². The van der Waals surface area contributed by atoms with E-state index in [1.54, 1.807) is 0 Å². The molecular weight excluding hydrogens is 300 g/mol. The molecule has 0 aliphatic heterocycles. The molecule has 0 radical (unpaired) electrons. The number of benzene rings is 1. The molecule has 0 N–H and O–H groups in total. The molecule has 0 heterocycles. The predicted octanol–water partition coefficient (Wildman–Crippen LogP) is 4.90. The molecule has 1 rings (SSSR count). The van der Waals surface area contributed by atoms with Gasteiger partial charge in [0.2, 0.25) is 0 Å². The van der Waals surface area contributed by atoms with E-state index in [0.717, 1.165) is 17.7 Å². The maximum Gasteiger partial charge on any atom is 0.416 e. The summed E-state index contributed by atoms with van der Waals surface area (Å²) in [5.41, 5.74) is 0.0780. The molecule has 0 fully saturated rings. The predicted molar refractivity (Wildman–Crippen MR) is 63.3 cm³/mol. The Hall–Kier alpha value is 0.0969. The molecule has 0 aromatic heterocycles. The summed E-state index contributed by atoms with van der Waals surface area (Å²) in [6.45, 7) is 0. The fourth-order valence-corrected chi connectivity index (χ4v) is 2.57. The van der Waals surface area contributed by atoms with Crippen LogP contribution in [0.25, 0.3) is 0 Å². The summed E-state index contributed by atoms with van der Waals surface area (Å²) in [5.74, 6) is 0. The smallest absolute Gasteiger partial charge is 0.166 e. The lowest BCUT2D eigenvalue weighted by molar-refractivity contribution is -0.137. The number of alkyl halides is 3. The van der Waals surface area contributed by atoms with Crippen LogP contribution in [-0.2, 0) is 12.6 Å². The molecular formula is C9H8Cl3F3Si. The van der Waals surface area contributed by atoms with Crippen LogP contribution in [0, 0.1) is 0 Å². The summed E-state index contributed by atoms with van der Waals surface area (Å²) in [6, 6.07) is 2.60. The molecule has 90 valence electrons. The lowest BCUT2D eigenvalue weighted by atomic mass is 10.1. The summed E-state index contributed by atoms with van der Waals surface area (Å²) in [7, 11) is 0. The van der Waals surface area contributed by atoms with Gasteiger partial charge in [-0.25, -0.2) is 0 Å². The quantitative estimate of drug-likeness (QED) is 0.550. The van der Waals surface area contributed by atoms with Crippen LogP contribution in [0.4, 0.5) is 13.2 Å². The third-order valence-corrected chi connectivity index (χ3v) is 4.50. The molecule has 0 atom stereocenters. The Morgan fingerprint density at radius 2 is 1.50 bits per heavy atom. The Labute approximate surface area is 106 Å². The first kappa shape index (κ1) is 14.2. The Morgan fingerprint density at radius 3 is 1.88 bits per heavy atom. The van der Waals surface area contributed by atoms with Crippen molar-refractivity contribution in [2.24, 2.45) is 0 Å². The van der Waals surface area contributed by atoms with Crippen molar-refractivity contribution in [1.29, 1.82) is 0 Å². The van der Waals surface area contributed by atoms with Crippen molar-refractivity contribution >= 4 is 39.2 Å². The molecule has 1 aromatic rings. The van der Waals surface area contributed by atoms with E-state index in [1.807, 2.05) is 0 Å². The summed E-state index contributed by atoms with van der Waals surface area (Å²) < 4.78 is 36.7. The molecule has 1 aromatic carbocycles. The molecule has 0 saturated heterocycles. The van der Waals surface area contributed by atoms with Crippen LogP contribution >= 0.6 is 33.2 Å². The van der Waals surface area contributed by atoms with Gasteiger partial charge in [0.1, 0.15) is 0 Å². The van der Waals surface area contributed by atoms with Crippen LogP contribution in [0.5, 0.6) is 0 Å². The number of hydrogen-bond acceptors (Lipinski definition) is 0. The number of aryl methyl sites for hydroxylation is 1. The number of halogens is 6. The van der Waals surface area contributed by atoms with E-state index in [2.05, 4.69) is 0 Å². The molecule has 0 aliphatic carbocycles. The molecule has 0 saturated carbocycles. The number of hydrogen-bond donors (Lipinski definition) is 0. The second-order valence-electron chi connectivity index (χ2n) is 3.31. The molecule has 0 spiro atoms. The van der Waals surface area contributed by atoms with Gasteiger partial charge in [0.05, 0.1) is 5.56 Å². The van der Waals surface area contributed by atoms with Crippen LogP contribution < -0.4 is 0 Å². The van der Waals surface area contributed by atoms with Gasteiger partial charge >= 0.3 is 12.2 Å². The van der Waals surface area contributed by atoms with Gasteiger partial charge in [0, 0.05) is 0 Å². The zero-order valence-corrected chi connectivity index (χ0v) is 11.3. The van der Waals surface area contributed by atoms with E-state index in [9.17, 15) is 13.2 Å². The highest BCUT2D eigenvalue weighted by molar-refractivity contribution is 7.64. The topological polar surface area (TPSA) is 0 Å². The van der Waals surface area contributed by atoms with Crippen LogP contribution in [0.3, 0.4) is 0 Å². The van der Waals surface area contributed by atoms with Crippen molar-refractivity contribution in [3.05, 3.63) is 35.4 Å². The van der Waals surface area contributed by atoms with Gasteiger partial charge in [-0.1, -0.05) is 12.1 Å². The van der Waals surface area contributed by atoms with Crippen LogP contribution in [-0.4, -0.2) is 6.00 Å². The standard InChI is InChI=1S/C9H8Cl3F3Si/c10-16(11,12)6-5-7-1-3-8(4-2-7)9(13,14)15/h1-4H,5-6H2. The maximum atomic E-state index is 12.2. The molecule has 0 aliphatic rings. The summed E-state index contributed by atoms with van der Waals surface area (Å²) in [5, 5.41) is 0. The van der Waals surface area contributed by atoms with Gasteiger partial charge in [0.25, 0.3) is 0 Å².